The molecular formula is C12H17N3O4S. The van der Waals surface area contributed by atoms with Crippen LogP contribution in [0.3, 0.4) is 0 Å². The summed E-state index contributed by atoms with van der Waals surface area (Å²) in [6.07, 6.45) is 2.50. The zero-order chi connectivity index (χ0) is 14.8. The minimum absolute atomic E-state index is 0.0367. The minimum Gasteiger partial charge on any atom is -0.359 e. The Bertz CT molecular complexity index is 632. The predicted octanol–water partition coefficient (Wildman–Crippen LogP) is -0.478. The molecule has 0 aliphatic carbocycles. The van der Waals surface area contributed by atoms with Crippen LogP contribution >= 0.6 is 0 Å². The van der Waals surface area contributed by atoms with E-state index in [-0.39, 0.29) is 28.8 Å². The first-order valence-corrected chi connectivity index (χ1v) is 7.79. The summed E-state index contributed by atoms with van der Waals surface area (Å²) in [6, 6.07) is 2.45. The Morgan fingerprint density at radius 3 is 2.80 bits per heavy atom. The largest absolute Gasteiger partial charge is 0.359 e. The number of pyridine rings is 1. The highest BCUT2D eigenvalue weighted by Gasteiger charge is 2.32. The highest BCUT2D eigenvalue weighted by atomic mass is 32.2. The average molecular weight is 299 g/mol. The lowest BCUT2D eigenvalue weighted by molar-refractivity contribution is -0.125. The second kappa shape index (κ2) is 5.76. The first-order valence-electron chi connectivity index (χ1n) is 6.35. The topological polar surface area (TPSA) is 99.3 Å². The van der Waals surface area contributed by atoms with Crippen molar-refractivity contribution in [2.24, 2.45) is 5.92 Å². The number of nitrogens with zero attached hydrogens (tertiary/aromatic N) is 1. The number of hydrogen-bond acceptors (Lipinski definition) is 4. The molecule has 0 spiro atoms. The third kappa shape index (κ3) is 2.91. The van der Waals surface area contributed by atoms with Gasteiger partial charge < -0.3 is 10.3 Å². The fourth-order valence-corrected chi connectivity index (χ4v) is 3.78. The fraction of sp³-hybridized carbons (Fsp3) is 0.500. The van der Waals surface area contributed by atoms with Crippen LogP contribution in [0.5, 0.6) is 0 Å². The maximum Gasteiger partial charge on any atom is 0.247 e. The van der Waals surface area contributed by atoms with Crippen LogP contribution in [0.4, 0.5) is 0 Å². The summed E-state index contributed by atoms with van der Waals surface area (Å²) in [5.41, 5.74) is -0.356. The lowest BCUT2D eigenvalue weighted by Gasteiger charge is -2.30. The van der Waals surface area contributed by atoms with Crippen LogP contribution in [0, 0.1) is 5.92 Å². The molecule has 7 nitrogen and oxygen atoms in total. The third-order valence-electron chi connectivity index (χ3n) is 3.39. The third-order valence-corrected chi connectivity index (χ3v) is 5.26. The molecule has 1 aromatic rings. The van der Waals surface area contributed by atoms with Crippen LogP contribution in [0.15, 0.2) is 28.0 Å². The van der Waals surface area contributed by atoms with Crippen LogP contribution in [0.25, 0.3) is 0 Å². The Balaban J connectivity index is 2.23. The number of nitrogens with one attached hydrogen (secondary N) is 2. The van der Waals surface area contributed by atoms with Crippen molar-refractivity contribution in [3.8, 4) is 0 Å². The van der Waals surface area contributed by atoms with Crippen LogP contribution < -0.4 is 10.9 Å². The van der Waals surface area contributed by atoms with Gasteiger partial charge in [-0.25, -0.2) is 8.42 Å². The molecule has 8 heteroatoms. The Kier molecular flexibility index (Phi) is 4.24. The molecule has 0 bridgehead atoms. The summed E-state index contributed by atoms with van der Waals surface area (Å²) >= 11 is 0. The molecule has 1 unspecified atom stereocenters. The summed E-state index contributed by atoms with van der Waals surface area (Å²) in [5, 5.41) is 2.55. The van der Waals surface area contributed by atoms with Gasteiger partial charge >= 0.3 is 0 Å². The van der Waals surface area contributed by atoms with E-state index in [4.69, 9.17) is 0 Å². The highest BCUT2D eigenvalue weighted by Crippen LogP contribution is 2.23. The molecule has 2 heterocycles. The molecule has 20 heavy (non-hydrogen) atoms. The van der Waals surface area contributed by atoms with Gasteiger partial charge in [-0.15, -0.1) is 0 Å². The van der Waals surface area contributed by atoms with Crippen molar-refractivity contribution in [3.63, 3.8) is 0 Å². The van der Waals surface area contributed by atoms with Gasteiger partial charge in [0.1, 0.15) is 0 Å². The van der Waals surface area contributed by atoms with Gasteiger partial charge in [0.05, 0.1) is 10.8 Å². The van der Waals surface area contributed by atoms with Gasteiger partial charge in [0, 0.05) is 32.4 Å². The van der Waals surface area contributed by atoms with E-state index in [0.29, 0.717) is 19.4 Å². The van der Waals surface area contributed by atoms with E-state index in [0.717, 1.165) is 0 Å². The molecule has 1 aromatic heterocycles. The predicted molar refractivity (Wildman–Crippen MR) is 72.6 cm³/mol. The maximum atomic E-state index is 12.4. The van der Waals surface area contributed by atoms with E-state index in [1.165, 1.54) is 29.7 Å². The quantitative estimate of drug-likeness (QED) is 0.787. The number of sulfonamides is 1. The molecule has 1 aliphatic heterocycles. The van der Waals surface area contributed by atoms with Crippen LogP contribution in [-0.4, -0.2) is 43.8 Å². The number of carbonyl (C=O) groups excluding carboxylic acids is 1. The summed E-state index contributed by atoms with van der Waals surface area (Å²) in [7, 11) is -2.13. The van der Waals surface area contributed by atoms with Gasteiger partial charge in [0.15, 0.2) is 0 Å². The SMILES string of the molecule is CNC(=O)C1CCCN(S(=O)(=O)c2ccc(=O)[nH]c2)C1. The lowest BCUT2D eigenvalue weighted by Crippen LogP contribution is -2.44. The van der Waals surface area contributed by atoms with E-state index in [2.05, 4.69) is 10.3 Å². The van der Waals surface area contributed by atoms with Crippen molar-refractivity contribution in [1.29, 1.82) is 0 Å². The number of aromatic nitrogens is 1. The Labute approximate surface area is 117 Å². The molecule has 110 valence electrons. The molecule has 1 aliphatic rings. The fourth-order valence-electron chi connectivity index (χ4n) is 2.28. The number of amides is 1. The summed E-state index contributed by atoms with van der Waals surface area (Å²) in [6.45, 7) is 0.552. The van der Waals surface area contributed by atoms with Crippen LogP contribution in [0.2, 0.25) is 0 Å². The molecule has 2 N–H and O–H groups in total. The van der Waals surface area contributed by atoms with E-state index < -0.39 is 10.0 Å². The molecule has 1 fully saturated rings. The van der Waals surface area contributed by atoms with Crippen molar-refractivity contribution in [3.05, 3.63) is 28.7 Å². The second-order valence-corrected chi connectivity index (χ2v) is 6.64. The second-order valence-electron chi connectivity index (χ2n) is 4.71. The number of piperidine rings is 1. The first kappa shape index (κ1) is 14.7. The highest BCUT2D eigenvalue weighted by molar-refractivity contribution is 7.89. The number of carbonyl (C=O) groups is 1. The number of H-pyrrole nitrogens is 1. The Morgan fingerprint density at radius 1 is 1.45 bits per heavy atom. The smallest absolute Gasteiger partial charge is 0.247 e. The monoisotopic (exact) mass is 299 g/mol. The van der Waals surface area contributed by atoms with Crippen LogP contribution in [0.1, 0.15) is 12.8 Å². The van der Waals surface area contributed by atoms with Crippen molar-refractivity contribution in [2.75, 3.05) is 20.1 Å². The zero-order valence-corrected chi connectivity index (χ0v) is 11.9. The van der Waals surface area contributed by atoms with Gasteiger partial charge in [-0.2, -0.15) is 4.31 Å². The van der Waals surface area contributed by atoms with Crippen molar-refractivity contribution >= 4 is 15.9 Å². The number of aromatic amines is 1. The van der Waals surface area contributed by atoms with Gasteiger partial charge in [0.25, 0.3) is 0 Å². The molecule has 0 aromatic carbocycles. The van der Waals surface area contributed by atoms with Gasteiger partial charge in [0.2, 0.25) is 21.5 Å². The summed E-state index contributed by atoms with van der Waals surface area (Å²) in [5.74, 6) is -0.474. The zero-order valence-electron chi connectivity index (χ0n) is 11.1. The number of hydrogen-bond donors (Lipinski definition) is 2. The Hall–Kier alpha value is -1.67. The molecular weight excluding hydrogens is 282 g/mol. The van der Waals surface area contributed by atoms with E-state index in [9.17, 15) is 18.0 Å². The minimum atomic E-state index is -3.67. The molecule has 1 amide bonds. The van der Waals surface area contributed by atoms with Gasteiger partial charge in [-0.1, -0.05) is 0 Å². The van der Waals surface area contributed by atoms with E-state index in [1.807, 2.05) is 0 Å². The van der Waals surface area contributed by atoms with Gasteiger partial charge in [-0.05, 0) is 18.9 Å². The van der Waals surface area contributed by atoms with Gasteiger partial charge in [-0.3, -0.25) is 9.59 Å². The molecule has 1 saturated heterocycles. The average Bonchev–Trinajstić information content (AvgIpc) is 2.47. The Morgan fingerprint density at radius 2 is 2.20 bits per heavy atom. The molecule has 0 saturated carbocycles. The standard InChI is InChI=1S/C12H17N3O4S/c1-13-12(17)9-3-2-6-15(8-9)20(18,19)10-4-5-11(16)14-7-10/h4-5,7,9H,2-3,6,8H2,1H3,(H,13,17)(H,14,16). The molecule has 2 rings (SSSR count). The van der Waals surface area contributed by atoms with Crippen molar-refractivity contribution in [2.45, 2.75) is 17.7 Å². The van der Waals surface area contributed by atoms with Crippen molar-refractivity contribution in [1.82, 2.24) is 14.6 Å². The number of rotatable bonds is 3. The molecule has 1 atom stereocenters. The normalized spacial score (nSPS) is 20.6. The molecule has 0 radical (unpaired) electrons. The van der Waals surface area contributed by atoms with Crippen molar-refractivity contribution < 1.29 is 13.2 Å². The van der Waals surface area contributed by atoms with E-state index >= 15 is 0 Å². The summed E-state index contributed by atoms with van der Waals surface area (Å²) in [4.78, 5) is 25.0. The summed E-state index contributed by atoms with van der Waals surface area (Å²) < 4.78 is 26.2. The van der Waals surface area contributed by atoms with Crippen LogP contribution in [-0.2, 0) is 14.8 Å². The van der Waals surface area contributed by atoms with E-state index in [1.54, 1.807) is 0 Å². The lowest BCUT2D eigenvalue weighted by atomic mass is 9.99. The first-order chi connectivity index (χ1) is 9.45. The maximum absolute atomic E-state index is 12.4.